The average molecular weight is 273 g/mol. The summed E-state index contributed by atoms with van der Waals surface area (Å²) in [6.45, 7) is 7.54. The number of benzene rings is 1. The first-order valence-electron chi connectivity index (χ1n) is 5.92. The van der Waals surface area contributed by atoms with E-state index < -0.39 is 0 Å². The Morgan fingerprint density at radius 1 is 1.29 bits per heavy atom. The van der Waals surface area contributed by atoms with Crippen LogP contribution in [0.4, 0.5) is 0 Å². The number of hydrogen-bond acceptors (Lipinski definition) is 1. The molecule has 1 aromatic carbocycles. The Morgan fingerprint density at radius 3 is 2.41 bits per heavy atom. The molecule has 1 unspecified atom stereocenters. The fraction of sp³-hybridized carbons (Fsp3) is 0.571. The molecule has 1 atom stereocenters. The summed E-state index contributed by atoms with van der Waals surface area (Å²) in [5, 5.41) is 1.44. The molecular formula is C14H18Cl2O. The van der Waals surface area contributed by atoms with Gasteiger partial charge in [-0.15, -0.1) is 0 Å². The molecule has 1 aromatic rings. The number of epoxide rings is 1. The van der Waals surface area contributed by atoms with Crippen LogP contribution < -0.4 is 0 Å². The van der Waals surface area contributed by atoms with Crippen LogP contribution in [0.25, 0.3) is 0 Å². The first-order chi connectivity index (χ1) is 7.84. The lowest BCUT2D eigenvalue weighted by molar-refractivity contribution is 0.145. The van der Waals surface area contributed by atoms with Crippen molar-refractivity contribution in [1.29, 1.82) is 0 Å². The normalized spacial score (nSPS) is 23.8. The number of aryl methyl sites for hydroxylation is 1. The molecule has 1 heterocycles. The third-order valence-corrected chi connectivity index (χ3v) is 4.26. The van der Waals surface area contributed by atoms with Crippen molar-refractivity contribution >= 4 is 23.2 Å². The van der Waals surface area contributed by atoms with Gasteiger partial charge >= 0.3 is 0 Å². The van der Waals surface area contributed by atoms with Gasteiger partial charge in [0.2, 0.25) is 0 Å². The molecule has 1 nitrogen and oxygen atoms in total. The molecule has 0 N–H and O–H groups in total. The zero-order valence-electron chi connectivity index (χ0n) is 10.5. The fourth-order valence-corrected chi connectivity index (χ4v) is 2.60. The van der Waals surface area contributed by atoms with Crippen LogP contribution in [0.3, 0.4) is 0 Å². The minimum atomic E-state index is 0.0377. The molecule has 0 amide bonds. The molecule has 1 aliphatic heterocycles. The molecule has 1 saturated heterocycles. The van der Waals surface area contributed by atoms with Gasteiger partial charge in [0.05, 0.1) is 12.2 Å². The molecule has 1 aliphatic rings. The second-order valence-corrected chi connectivity index (χ2v) is 6.61. The minimum absolute atomic E-state index is 0.0377. The summed E-state index contributed by atoms with van der Waals surface area (Å²) in [6, 6.07) is 5.69. The van der Waals surface area contributed by atoms with E-state index in [0.717, 1.165) is 30.0 Å². The Morgan fingerprint density at radius 2 is 1.94 bits per heavy atom. The van der Waals surface area contributed by atoms with Crippen molar-refractivity contribution in [3.05, 3.63) is 33.8 Å². The number of rotatable bonds is 3. The predicted octanol–water partition coefficient (Wildman–Crippen LogP) is 4.74. The van der Waals surface area contributed by atoms with E-state index in [-0.39, 0.29) is 11.0 Å². The van der Waals surface area contributed by atoms with Gasteiger partial charge in [-0.05, 0) is 36.0 Å². The van der Waals surface area contributed by atoms with Crippen molar-refractivity contribution in [2.45, 2.75) is 39.2 Å². The number of ether oxygens (including phenoxy) is 1. The first-order valence-corrected chi connectivity index (χ1v) is 6.68. The van der Waals surface area contributed by atoms with E-state index in [0.29, 0.717) is 5.02 Å². The van der Waals surface area contributed by atoms with Crippen molar-refractivity contribution in [2.24, 2.45) is 5.41 Å². The number of hydrogen-bond donors (Lipinski definition) is 0. The second kappa shape index (κ2) is 4.46. The highest BCUT2D eigenvalue weighted by Crippen LogP contribution is 2.47. The maximum absolute atomic E-state index is 6.17. The third kappa shape index (κ3) is 2.78. The van der Waals surface area contributed by atoms with E-state index >= 15 is 0 Å². The van der Waals surface area contributed by atoms with Crippen LogP contribution in [0, 0.1) is 5.41 Å². The minimum Gasteiger partial charge on any atom is -0.369 e. The number of halogens is 2. The van der Waals surface area contributed by atoms with E-state index in [1.165, 1.54) is 0 Å². The molecule has 94 valence electrons. The van der Waals surface area contributed by atoms with Crippen LogP contribution in [-0.2, 0) is 11.2 Å². The van der Waals surface area contributed by atoms with E-state index in [9.17, 15) is 0 Å². The molecule has 0 bridgehead atoms. The Balaban J connectivity index is 2.04. The summed E-state index contributed by atoms with van der Waals surface area (Å²) in [5.74, 6) is 0. The molecule has 1 fully saturated rings. The lowest BCUT2D eigenvalue weighted by atomic mass is 9.77. The average Bonchev–Trinajstić information content (AvgIpc) is 2.96. The van der Waals surface area contributed by atoms with Crippen LogP contribution in [0.2, 0.25) is 10.0 Å². The summed E-state index contributed by atoms with van der Waals surface area (Å²) in [6.07, 6.45) is 1.95. The van der Waals surface area contributed by atoms with Gasteiger partial charge in [-0.25, -0.2) is 0 Å². The zero-order valence-corrected chi connectivity index (χ0v) is 12.0. The molecule has 0 radical (unpaired) electrons. The van der Waals surface area contributed by atoms with Crippen molar-refractivity contribution in [1.82, 2.24) is 0 Å². The Hall–Kier alpha value is -0.240. The Kier molecular flexibility index (Phi) is 3.46. The van der Waals surface area contributed by atoms with Gasteiger partial charge in [-0.1, -0.05) is 50.0 Å². The summed E-state index contributed by atoms with van der Waals surface area (Å²) in [5.41, 5.74) is 1.37. The molecular weight excluding hydrogens is 255 g/mol. The molecule has 2 rings (SSSR count). The van der Waals surface area contributed by atoms with Gasteiger partial charge in [0.1, 0.15) is 0 Å². The second-order valence-electron chi connectivity index (χ2n) is 5.77. The van der Waals surface area contributed by atoms with Crippen LogP contribution in [-0.4, -0.2) is 12.2 Å². The first kappa shape index (κ1) is 13.2. The lowest BCUT2D eigenvalue weighted by Crippen LogP contribution is -2.30. The predicted molar refractivity (Wildman–Crippen MR) is 72.9 cm³/mol. The molecule has 0 aliphatic carbocycles. The quantitative estimate of drug-likeness (QED) is 0.724. The summed E-state index contributed by atoms with van der Waals surface area (Å²) < 4.78 is 5.68. The Labute approximate surface area is 113 Å². The molecule has 0 aromatic heterocycles. The van der Waals surface area contributed by atoms with Crippen LogP contribution in [0.1, 0.15) is 32.8 Å². The third-order valence-electron chi connectivity index (χ3n) is 3.67. The maximum atomic E-state index is 6.17. The van der Waals surface area contributed by atoms with Gasteiger partial charge < -0.3 is 4.74 Å². The molecule has 3 heteroatoms. The summed E-state index contributed by atoms with van der Waals surface area (Å²) in [7, 11) is 0. The standard InChI is InChI=1S/C14H18Cl2O/c1-13(2,3)14(9-17-14)7-6-10-4-5-11(15)8-12(10)16/h4-5,8H,6-7,9H2,1-3H3. The largest absolute Gasteiger partial charge is 0.369 e. The topological polar surface area (TPSA) is 12.5 Å². The fourth-order valence-electron chi connectivity index (χ4n) is 2.10. The smallest absolute Gasteiger partial charge is 0.0967 e. The highest BCUT2D eigenvalue weighted by atomic mass is 35.5. The van der Waals surface area contributed by atoms with E-state index in [1.54, 1.807) is 6.07 Å². The van der Waals surface area contributed by atoms with Crippen LogP contribution in [0.15, 0.2) is 18.2 Å². The van der Waals surface area contributed by atoms with Gasteiger partial charge in [0.25, 0.3) is 0 Å². The van der Waals surface area contributed by atoms with Crippen LogP contribution >= 0.6 is 23.2 Å². The van der Waals surface area contributed by atoms with Gasteiger partial charge in [-0.3, -0.25) is 0 Å². The van der Waals surface area contributed by atoms with Crippen molar-refractivity contribution in [2.75, 3.05) is 6.61 Å². The molecule has 17 heavy (non-hydrogen) atoms. The highest BCUT2D eigenvalue weighted by molar-refractivity contribution is 6.35. The monoisotopic (exact) mass is 272 g/mol. The SMILES string of the molecule is CC(C)(C)C1(CCc2ccc(Cl)cc2Cl)CO1. The van der Waals surface area contributed by atoms with Crippen molar-refractivity contribution in [3.8, 4) is 0 Å². The lowest BCUT2D eigenvalue weighted by Gasteiger charge is -2.27. The van der Waals surface area contributed by atoms with Gasteiger partial charge in [0.15, 0.2) is 0 Å². The Bertz CT molecular complexity index is 417. The van der Waals surface area contributed by atoms with Crippen molar-refractivity contribution in [3.63, 3.8) is 0 Å². The summed E-state index contributed by atoms with van der Waals surface area (Å²) in [4.78, 5) is 0. The summed E-state index contributed by atoms with van der Waals surface area (Å²) >= 11 is 12.1. The highest BCUT2D eigenvalue weighted by Gasteiger charge is 2.53. The van der Waals surface area contributed by atoms with Gasteiger partial charge in [0, 0.05) is 10.0 Å². The zero-order chi connectivity index (χ0) is 12.7. The van der Waals surface area contributed by atoms with Crippen molar-refractivity contribution < 1.29 is 4.74 Å². The van der Waals surface area contributed by atoms with E-state index in [2.05, 4.69) is 20.8 Å². The van der Waals surface area contributed by atoms with E-state index in [4.69, 9.17) is 27.9 Å². The van der Waals surface area contributed by atoms with Crippen LogP contribution in [0.5, 0.6) is 0 Å². The maximum Gasteiger partial charge on any atom is 0.0967 e. The molecule has 0 saturated carbocycles. The molecule has 0 spiro atoms. The van der Waals surface area contributed by atoms with Gasteiger partial charge in [-0.2, -0.15) is 0 Å². The van der Waals surface area contributed by atoms with E-state index in [1.807, 2.05) is 12.1 Å².